The molecule has 2 aromatic heterocycles. The first kappa shape index (κ1) is 14.7. The van der Waals surface area contributed by atoms with Gasteiger partial charge in [-0.15, -0.1) is 0 Å². The number of aromatic nitrogens is 4. The van der Waals surface area contributed by atoms with Crippen LogP contribution in [-0.2, 0) is 6.54 Å². The molecule has 0 unspecified atom stereocenters. The third-order valence-electron chi connectivity index (χ3n) is 4.16. The van der Waals surface area contributed by atoms with Gasteiger partial charge in [0.05, 0.1) is 17.6 Å². The van der Waals surface area contributed by atoms with Gasteiger partial charge >= 0.3 is 5.69 Å². The molecule has 1 aliphatic carbocycles. The lowest BCUT2D eigenvalue weighted by Gasteiger charge is -2.14. The maximum atomic E-state index is 12.6. The Bertz CT molecular complexity index is 979. The van der Waals surface area contributed by atoms with Gasteiger partial charge in [-0.25, -0.2) is 4.79 Å². The topological polar surface area (TPSA) is 97.0 Å². The molecule has 0 radical (unpaired) electrons. The summed E-state index contributed by atoms with van der Waals surface area (Å²) in [7, 11) is 1.67. The molecule has 0 aliphatic heterocycles. The molecule has 0 spiro atoms. The number of aromatic amines is 1. The fourth-order valence-electron chi connectivity index (χ4n) is 2.86. The van der Waals surface area contributed by atoms with Crippen molar-refractivity contribution in [3.05, 3.63) is 46.0 Å². The summed E-state index contributed by atoms with van der Waals surface area (Å²) in [5.41, 5.74) is 1.91. The highest BCUT2D eigenvalue weighted by Crippen LogP contribution is 2.35. The molecule has 1 N–H and O–H groups in total. The van der Waals surface area contributed by atoms with Crippen molar-refractivity contribution >= 4 is 16.9 Å². The van der Waals surface area contributed by atoms with Crippen LogP contribution in [0.3, 0.4) is 0 Å². The molecule has 8 heteroatoms. The molecule has 2 heterocycles. The maximum Gasteiger partial charge on any atom is 0.326 e. The summed E-state index contributed by atoms with van der Waals surface area (Å²) in [6.07, 6.45) is 2.06. The molecular weight excluding hydrogens is 310 g/mol. The number of rotatable bonds is 4. The number of aryl methyl sites for hydroxylation is 1. The highest BCUT2D eigenvalue weighted by Gasteiger charge is 2.27. The van der Waals surface area contributed by atoms with E-state index in [1.165, 1.54) is 4.90 Å². The second kappa shape index (κ2) is 5.33. The van der Waals surface area contributed by atoms with Crippen LogP contribution in [0.5, 0.6) is 0 Å². The second-order valence-electron chi connectivity index (χ2n) is 6.16. The molecule has 124 valence electrons. The number of carbonyl (C=O) groups excluding carboxylic acids is 1. The van der Waals surface area contributed by atoms with Crippen molar-refractivity contribution in [2.75, 3.05) is 7.05 Å². The minimum atomic E-state index is -0.173. The van der Waals surface area contributed by atoms with Gasteiger partial charge in [-0.05, 0) is 38.0 Å². The zero-order valence-corrected chi connectivity index (χ0v) is 13.4. The van der Waals surface area contributed by atoms with Gasteiger partial charge in [0.1, 0.15) is 0 Å². The summed E-state index contributed by atoms with van der Waals surface area (Å²) in [6.45, 7) is 1.96. The summed E-state index contributed by atoms with van der Waals surface area (Å²) in [6, 6.07) is 5.57. The Morgan fingerprint density at radius 2 is 2.25 bits per heavy atom. The number of amides is 1. The van der Waals surface area contributed by atoms with Gasteiger partial charge < -0.3 is 14.4 Å². The van der Waals surface area contributed by atoms with E-state index in [-0.39, 0.29) is 24.2 Å². The number of imidazole rings is 1. The van der Waals surface area contributed by atoms with E-state index in [2.05, 4.69) is 15.1 Å². The van der Waals surface area contributed by atoms with Gasteiger partial charge in [0.15, 0.2) is 5.82 Å². The van der Waals surface area contributed by atoms with Crippen molar-refractivity contribution in [1.82, 2.24) is 24.6 Å². The Balaban J connectivity index is 1.61. The van der Waals surface area contributed by atoms with Crippen molar-refractivity contribution in [1.29, 1.82) is 0 Å². The molecule has 8 nitrogen and oxygen atoms in total. The maximum absolute atomic E-state index is 12.6. The number of benzene rings is 1. The van der Waals surface area contributed by atoms with Gasteiger partial charge in [0, 0.05) is 18.7 Å². The van der Waals surface area contributed by atoms with Gasteiger partial charge in [0.25, 0.3) is 5.91 Å². The van der Waals surface area contributed by atoms with Gasteiger partial charge in [0.2, 0.25) is 5.89 Å². The fourth-order valence-corrected chi connectivity index (χ4v) is 2.86. The van der Waals surface area contributed by atoms with Crippen LogP contribution in [0, 0.1) is 6.92 Å². The number of fused-ring (bicyclic) bond motifs is 1. The van der Waals surface area contributed by atoms with Crippen LogP contribution in [0.1, 0.15) is 41.0 Å². The average Bonchev–Trinajstić information content (AvgIpc) is 3.22. The Morgan fingerprint density at radius 3 is 2.92 bits per heavy atom. The lowest BCUT2D eigenvalue weighted by Crippen LogP contribution is -2.26. The Labute approximate surface area is 137 Å². The van der Waals surface area contributed by atoms with Crippen molar-refractivity contribution < 1.29 is 9.32 Å². The summed E-state index contributed by atoms with van der Waals surface area (Å²) >= 11 is 0. The molecule has 1 aromatic carbocycles. The Kier molecular flexibility index (Phi) is 3.26. The summed E-state index contributed by atoms with van der Waals surface area (Å²) in [5.74, 6) is 0.747. The van der Waals surface area contributed by atoms with E-state index in [1.807, 2.05) is 6.07 Å². The first-order valence-corrected chi connectivity index (χ1v) is 7.82. The summed E-state index contributed by atoms with van der Waals surface area (Å²) < 4.78 is 6.81. The van der Waals surface area contributed by atoms with Gasteiger partial charge in [-0.2, -0.15) is 4.98 Å². The third-order valence-corrected chi connectivity index (χ3v) is 4.16. The number of hydrogen-bond donors (Lipinski definition) is 1. The third kappa shape index (κ3) is 2.49. The lowest BCUT2D eigenvalue weighted by molar-refractivity contribution is 0.0769. The van der Waals surface area contributed by atoms with Crippen molar-refractivity contribution in [2.24, 2.45) is 0 Å². The Hall–Kier alpha value is -2.90. The molecule has 1 fully saturated rings. The van der Waals surface area contributed by atoms with Crippen molar-refractivity contribution in [3.8, 4) is 0 Å². The van der Waals surface area contributed by atoms with E-state index in [0.29, 0.717) is 22.8 Å². The first-order valence-electron chi connectivity index (χ1n) is 7.82. The molecule has 0 atom stereocenters. The average molecular weight is 327 g/mol. The standard InChI is InChI=1S/C16H17N5O3/c1-9-17-14(24-19-9)8-20(2)15(22)10-3-6-13-12(7-10)18-16(23)21(13)11-4-5-11/h3,6-7,11H,4-5,8H2,1-2H3,(H,18,23). The molecule has 0 bridgehead atoms. The first-order chi connectivity index (χ1) is 11.5. The number of nitrogens with zero attached hydrogens (tertiary/aromatic N) is 4. The van der Waals surface area contributed by atoms with Gasteiger partial charge in [-0.3, -0.25) is 9.36 Å². The number of nitrogens with one attached hydrogen (secondary N) is 1. The van der Waals surface area contributed by atoms with Gasteiger partial charge in [-0.1, -0.05) is 5.16 Å². The quantitative estimate of drug-likeness (QED) is 0.785. The predicted octanol–water partition coefficient (Wildman–Crippen LogP) is 1.63. The number of carbonyl (C=O) groups is 1. The van der Waals surface area contributed by atoms with Crippen LogP contribution in [0.4, 0.5) is 0 Å². The van der Waals surface area contributed by atoms with E-state index in [9.17, 15) is 9.59 Å². The molecule has 1 aliphatic rings. The zero-order chi connectivity index (χ0) is 16.8. The highest BCUT2D eigenvalue weighted by molar-refractivity contribution is 5.97. The zero-order valence-electron chi connectivity index (χ0n) is 13.4. The highest BCUT2D eigenvalue weighted by atomic mass is 16.5. The molecule has 24 heavy (non-hydrogen) atoms. The van der Waals surface area contributed by atoms with Crippen LogP contribution in [0.2, 0.25) is 0 Å². The molecule has 1 saturated carbocycles. The lowest BCUT2D eigenvalue weighted by atomic mass is 10.1. The molecular formula is C16H17N5O3. The monoisotopic (exact) mass is 327 g/mol. The fraction of sp³-hybridized carbons (Fsp3) is 0.375. The molecule has 4 rings (SSSR count). The van der Waals surface area contributed by atoms with E-state index in [0.717, 1.165) is 18.4 Å². The molecule has 1 amide bonds. The van der Waals surface area contributed by atoms with Crippen LogP contribution in [0.15, 0.2) is 27.5 Å². The van der Waals surface area contributed by atoms with E-state index in [1.54, 1.807) is 30.7 Å². The van der Waals surface area contributed by atoms with E-state index < -0.39 is 0 Å². The van der Waals surface area contributed by atoms with E-state index in [4.69, 9.17) is 4.52 Å². The van der Waals surface area contributed by atoms with Crippen LogP contribution < -0.4 is 5.69 Å². The predicted molar refractivity (Wildman–Crippen MR) is 85.7 cm³/mol. The summed E-state index contributed by atoms with van der Waals surface area (Å²) in [4.78, 5) is 33.1. The largest absolute Gasteiger partial charge is 0.337 e. The minimum absolute atomic E-state index is 0.119. The minimum Gasteiger partial charge on any atom is -0.337 e. The SMILES string of the molecule is Cc1noc(CN(C)C(=O)c2ccc3c(c2)[nH]c(=O)n3C2CC2)n1. The van der Waals surface area contributed by atoms with Crippen LogP contribution in [-0.4, -0.2) is 37.5 Å². The normalized spacial score (nSPS) is 14.2. The van der Waals surface area contributed by atoms with Crippen molar-refractivity contribution in [3.63, 3.8) is 0 Å². The molecule has 0 saturated heterocycles. The van der Waals surface area contributed by atoms with Crippen LogP contribution >= 0.6 is 0 Å². The summed E-state index contributed by atoms with van der Waals surface area (Å²) in [5, 5.41) is 3.71. The second-order valence-corrected chi connectivity index (χ2v) is 6.16. The smallest absolute Gasteiger partial charge is 0.326 e. The van der Waals surface area contributed by atoms with E-state index >= 15 is 0 Å². The number of H-pyrrole nitrogens is 1. The van der Waals surface area contributed by atoms with Crippen molar-refractivity contribution in [2.45, 2.75) is 32.4 Å². The number of hydrogen-bond acceptors (Lipinski definition) is 5. The molecule has 3 aromatic rings. The Morgan fingerprint density at radius 1 is 1.46 bits per heavy atom. The van der Waals surface area contributed by atoms with Crippen LogP contribution in [0.25, 0.3) is 11.0 Å².